The Morgan fingerprint density at radius 2 is 1.83 bits per heavy atom. The molecule has 0 radical (unpaired) electrons. The third-order valence-corrected chi connectivity index (χ3v) is 4.56. The lowest BCUT2D eigenvalue weighted by Crippen LogP contribution is -2.35. The number of anilines is 2. The van der Waals surface area contributed by atoms with E-state index in [1.807, 2.05) is 32.0 Å². The maximum absolute atomic E-state index is 12.7. The maximum atomic E-state index is 12.7. The SMILES string of the molecule is Cc1ccc(C)c(N2C(=O)C[C@H](Nc3ccc(Cl)cc3Cl)C2=O)c1. The lowest BCUT2D eigenvalue weighted by molar-refractivity contribution is -0.121. The van der Waals surface area contributed by atoms with E-state index in [2.05, 4.69) is 5.32 Å². The van der Waals surface area contributed by atoms with Crippen molar-refractivity contribution in [1.29, 1.82) is 0 Å². The summed E-state index contributed by atoms with van der Waals surface area (Å²) in [5, 5.41) is 3.97. The highest BCUT2D eigenvalue weighted by atomic mass is 35.5. The highest BCUT2D eigenvalue weighted by molar-refractivity contribution is 6.36. The van der Waals surface area contributed by atoms with E-state index in [9.17, 15) is 9.59 Å². The number of benzene rings is 2. The Morgan fingerprint density at radius 1 is 1.08 bits per heavy atom. The van der Waals surface area contributed by atoms with E-state index in [4.69, 9.17) is 23.2 Å². The van der Waals surface area contributed by atoms with Gasteiger partial charge in [-0.25, -0.2) is 4.90 Å². The summed E-state index contributed by atoms with van der Waals surface area (Å²) >= 11 is 12.0. The first-order valence-electron chi connectivity index (χ1n) is 7.52. The molecule has 3 rings (SSSR count). The van der Waals surface area contributed by atoms with E-state index in [-0.39, 0.29) is 18.2 Å². The molecule has 0 unspecified atom stereocenters. The first-order chi connectivity index (χ1) is 11.4. The molecule has 6 heteroatoms. The van der Waals surface area contributed by atoms with Gasteiger partial charge in [-0.05, 0) is 49.2 Å². The summed E-state index contributed by atoms with van der Waals surface area (Å²) in [7, 11) is 0. The van der Waals surface area contributed by atoms with Gasteiger partial charge in [-0.1, -0.05) is 35.3 Å². The summed E-state index contributed by atoms with van der Waals surface area (Å²) in [4.78, 5) is 26.4. The molecule has 1 aliphatic heterocycles. The van der Waals surface area contributed by atoms with E-state index in [0.29, 0.717) is 21.4 Å². The Morgan fingerprint density at radius 3 is 2.54 bits per heavy atom. The zero-order chi connectivity index (χ0) is 17.4. The number of rotatable bonds is 3. The Bertz CT molecular complexity index is 836. The topological polar surface area (TPSA) is 49.4 Å². The summed E-state index contributed by atoms with van der Waals surface area (Å²) in [6.07, 6.45) is 0.0885. The molecule has 124 valence electrons. The van der Waals surface area contributed by atoms with Crippen molar-refractivity contribution < 1.29 is 9.59 Å². The van der Waals surface area contributed by atoms with Crippen LogP contribution in [0, 0.1) is 13.8 Å². The van der Waals surface area contributed by atoms with Crippen LogP contribution in [-0.4, -0.2) is 17.9 Å². The van der Waals surface area contributed by atoms with Crippen molar-refractivity contribution in [3.05, 3.63) is 57.6 Å². The van der Waals surface area contributed by atoms with Gasteiger partial charge in [0.05, 0.1) is 22.8 Å². The fourth-order valence-corrected chi connectivity index (χ4v) is 3.22. The van der Waals surface area contributed by atoms with Crippen molar-refractivity contribution >= 4 is 46.4 Å². The summed E-state index contributed by atoms with van der Waals surface area (Å²) in [6.45, 7) is 3.81. The Balaban J connectivity index is 1.87. The van der Waals surface area contributed by atoms with E-state index >= 15 is 0 Å². The van der Waals surface area contributed by atoms with Crippen molar-refractivity contribution in [3.8, 4) is 0 Å². The molecule has 1 heterocycles. The molecular formula is C18H16Cl2N2O2. The van der Waals surface area contributed by atoms with Gasteiger partial charge in [0.15, 0.2) is 0 Å². The minimum Gasteiger partial charge on any atom is -0.372 e. The molecule has 2 aromatic carbocycles. The molecule has 0 bridgehead atoms. The van der Waals surface area contributed by atoms with Crippen LogP contribution in [0.2, 0.25) is 10.0 Å². The molecule has 0 aromatic heterocycles. The number of nitrogens with one attached hydrogen (secondary N) is 1. The average Bonchev–Trinajstić information content (AvgIpc) is 2.79. The van der Waals surface area contributed by atoms with Gasteiger partial charge < -0.3 is 5.32 Å². The van der Waals surface area contributed by atoms with E-state index in [1.54, 1.807) is 18.2 Å². The quantitative estimate of drug-likeness (QED) is 0.825. The summed E-state index contributed by atoms with van der Waals surface area (Å²) in [6, 6.07) is 10.0. The fraction of sp³-hybridized carbons (Fsp3) is 0.222. The van der Waals surface area contributed by atoms with Crippen molar-refractivity contribution in [2.75, 3.05) is 10.2 Å². The summed E-state index contributed by atoms with van der Waals surface area (Å²) < 4.78 is 0. The normalized spacial score (nSPS) is 17.5. The van der Waals surface area contributed by atoms with Crippen molar-refractivity contribution in [2.45, 2.75) is 26.3 Å². The smallest absolute Gasteiger partial charge is 0.256 e. The zero-order valence-corrected chi connectivity index (χ0v) is 14.8. The highest BCUT2D eigenvalue weighted by Gasteiger charge is 2.40. The number of carbonyl (C=O) groups is 2. The zero-order valence-electron chi connectivity index (χ0n) is 13.3. The Labute approximate surface area is 150 Å². The van der Waals surface area contributed by atoms with Crippen LogP contribution < -0.4 is 10.2 Å². The molecule has 1 fully saturated rings. The monoisotopic (exact) mass is 362 g/mol. The second kappa shape index (κ2) is 6.46. The lowest BCUT2D eigenvalue weighted by atomic mass is 10.1. The van der Waals surface area contributed by atoms with Crippen LogP contribution in [0.3, 0.4) is 0 Å². The average molecular weight is 363 g/mol. The molecule has 1 N–H and O–H groups in total. The Kier molecular flexibility index (Phi) is 4.52. The molecular weight excluding hydrogens is 347 g/mol. The predicted octanol–water partition coefficient (Wildman–Crippen LogP) is 4.35. The highest BCUT2D eigenvalue weighted by Crippen LogP contribution is 2.31. The molecule has 1 aliphatic rings. The van der Waals surface area contributed by atoms with Gasteiger partial charge in [0, 0.05) is 5.02 Å². The van der Waals surface area contributed by atoms with Crippen LogP contribution in [0.1, 0.15) is 17.5 Å². The lowest BCUT2D eigenvalue weighted by Gasteiger charge is -2.19. The molecule has 0 aliphatic carbocycles. The van der Waals surface area contributed by atoms with Gasteiger partial charge in [0.25, 0.3) is 5.91 Å². The molecule has 24 heavy (non-hydrogen) atoms. The maximum Gasteiger partial charge on any atom is 0.256 e. The fourth-order valence-electron chi connectivity index (χ4n) is 2.75. The number of nitrogens with zero attached hydrogens (tertiary/aromatic N) is 1. The van der Waals surface area contributed by atoms with Crippen LogP contribution in [-0.2, 0) is 9.59 Å². The van der Waals surface area contributed by atoms with Gasteiger partial charge in [-0.15, -0.1) is 0 Å². The number of halogens is 2. The number of imide groups is 1. The molecule has 2 amide bonds. The van der Waals surface area contributed by atoms with Gasteiger partial charge in [0.2, 0.25) is 5.91 Å². The van der Waals surface area contributed by atoms with Crippen molar-refractivity contribution in [1.82, 2.24) is 0 Å². The van der Waals surface area contributed by atoms with E-state index in [0.717, 1.165) is 11.1 Å². The van der Waals surface area contributed by atoms with Gasteiger partial charge in [-0.3, -0.25) is 9.59 Å². The molecule has 1 atom stereocenters. The number of aryl methyl sites for hydroxylation is 2. The van der Waals surface area contributed by atoms with Crippen LogP contribution in [0.5, 0.6) is 0 Å². The number of hydrogen-bond acceptors (Lipinski definition) is 3. The van der Waals surface area contributed by atoms with E-state index < -0.39 is 6.04 Å². The van der Waals surface area contributed by atoms with Crippen LogP contribution >= 0.6 is 23.2 Å². The molecule has 0 spiro atoms. The standard InChI is InChI=1S/C18H16Cl2N2O2/c1-10-3-4-11(2)16(7-10)22-17(23)9-15(18(22)24)21-14-6-5-12(19)8-13(14)20/h3-8,15,21H,9H2,1-2H3/t15-/m0/s1. The molecule has 2 aromatic rings. The van der Waals surface area contributed by atoms with Crippen LogP contribution in [0.15, 0.2) is 36.4 Å². The summed E-state index contributed by atoms with van der Waals surface area (Å²) in [5.41, 5.74) is 3.09. The summed E-state index contributed by atoms with van der Waals surface area (Å²) in [5.74, 6) is -0.504. The second-order valence-electron chi connectivity index (χ2n) is 5.88. The van der Waals surface area contributed by atoms with Gasteiger partial charge in [-0.2, -0.15) is 0 Å². The number of carbonyl (C=O) groups excluding carboxylic acids is 2. The third-order valence-electron chi connectivity index (χ3n) is 4.01. The Hall–Kier alpha value is -2.04. The largest absolute Gasteiger partial charge is 0.372 e. The van der Waals surface area contributed by atoms with Crippen molar-refractivity contribution in [3.63, 3.8) is 0 Å². The second-order valence-corrected chi connectivity index (χ2v) is 6.73. The van der Waals surface area contributed by atoms with E-state index in [1.165, 1.54) is 4.90 Å². The molecule has 4 nitrogen and oxygen atoms in total. The third kappa shape index (κ3) is 3.12. The van der Waals surface area contributed by atoms with Gasteiger partial charge in [0.1, 0.15) is 6.04 Å². The first kappa shape index (κ1) is 16.8. The molecule has 0 saturated carbocycles. The van der Waals surface area contributed by atoms with Crippen LogP contribution in [0.4, 0.5) is 11.4 Å². The molecule has 1 saturated heterocycles. The first-order valence-corrected chi connectivity index (χ1v) is 8.28. The number of hydrogen-bond donors (Lipinski definition) is 1. The minimum atomic E-state index is -0.643. The minimum absolute atomic E-state index is 0.0885. The predicted molar refractivity (Wildman–Crippen MR) is 96.9 cm³/mol. The van der Waals surface area contributed by atoms with Crippen molar-refractivity contribution in [2.24, 2.45) is 0 Å². The number of amides is 2. The van der Waals surface area contributed by atoms with Crippen LogP contribution in [0.25, 0.3) is 0 Å². The van der Waals surface area contributed by atoms with Gasteiger partial charge >= 0.3 is 0 Å².